The van der Waals surface area contributed by atoms with Gasteiger partial charge >= 0.3 is 0 Å². The molecule has 6 heteroatoms. The van der Waals surface area contributed by atoms with Crippen molar-refractivity contribution < 1.29 is 14.0 Å². The maximum atomic E-state index is 13.0. The van der Waals surface area contributed by atoms with E-state index in [1.807, 2.05) is 0 Å². The van der Waals surface area contributed by atoms with Crippen LogP contribution in [-0.4, -0.2) is 29.8 Å². The standard InChI is InChI=1S/C21H26N2O3S/c24-20(22-19(15-6-1-2-7-15)18-10-5-13-27-18)16-8-3-11-23(14-16)21(25)17-9-4-12-26-17/h4-5,9-10,12-13,15-16,19H,1-3,6-8,11,14H2,(H,22,24)/t16-,19+/m1/s1. The summed E-state index contributed by atoms with van der Waals surface area (Å²) in [5, 5.41) is 5.41. The van der Waals surface area contributed by atoms with Crippen LogP contribution in [-0.2, 0) is 4.79 Å². The zero-order valence-corrected chi connectivity index (χ0v) is 16.2. The second-order valence-corrected chi connectivity index (χ2v) is 8.59. The van der Waals surface area contributed by atoms with Crippen molar-refractivity contribution in [2.75, 3.05) is 13.1 Å². The van der Waals surface area contributed by atoms with Gasteiger partial charge in [0.2, 0.25) is 5.91 Å². The molecule has 27 heavy (non-hydrogen) atoms. The lowest BCUT2D eigenvalue weighted by Gasteiger charge is -2.33. The lowest BCUT2D eigenvalue weighted by Crippen LogP contribution is -2.46. The molecule has 2 atom stereocenters. The van der Waals surface area contributed by atoms with E-state index < -0.39 is 0 Å². The average molecular weight is 387 g/mol. The third-order valence-electron chi connectivity index (χ3n) is 5.83. The summed E-state index contributed by atoms with van der Waals surface area (Å²) in [5.74, 6) is 0.678. The van der Waals surface area contributed by atoms with Gasteiger partial charge in [-0.2, -0.15) is 0 Å². The molecule has 1 saturated heterocycles. The normalized spacial score (nSPS) is 21.9. The molecular weight excluding hydrogens is 360 g/mol. The van der Waals surface area contributed by atoms with Gasteiger partial charge in [-0.1, -0.05) is 18.9 Å². The number of nitrogens with zero attached hydrogens (tertiary/aromatic N) is 1. The summed E-state index contributed by atoms with van der Waals surface area (Å²) in [4.78, 5) is 28.6. The van der Waals surface area contributed by atoms with E-state index in [4.69, 9.17) is 4.42 Å². The van der Waals surface area contributed by atoms with E-state index in [2.05, 4.69) is 22.8 Å². The zero-order chi connectivity index (χ0) is 18.6. The van der Waals surface area contributed by atoms with E-state index in [1.165, 1.54) is 36.8 Å². The molecule has 0 radical (unpaired) electrons. The molecule has 0 bridgehead atoms. The molecule has 2 amide bonds. The van der Waals surface area contributed by atoms with Crippen LogP contribution in [0.5, 0.6) is 0 Å². The van der Waals surface area contributed by atoms with Crippen molar-refractivity contribution in [1.29, 1.82) is 0 Å². The van der Waals surface area contributed by atoms with Gasteiger partial charge in [0.25, 0.3) is 5.91 Å². The first-order valence-corrected chi connectivity index (χ1v) is 10.8. The third kappa shape index (κ3) is 4.10. The van der Waals surface area contributed by atoms with Crippen LogP contribution in [0.2, 0.25) is 0 Å². The lowest BCUT2D eigenvalue weighted by molar-refractivity contribution is -0.127. The van der Waals surface area contributed by atoms with Crippen LogP contribution in [0.3, 0.4) is 0 Å². The van der Waals surface area contributed by atoms with Gasteiger partial charge in [0.1, 0.15) is 0 Å². The second-order valence-electron chi connectivity index (χ2n) is 7.61. The summed E-state index contributed by atoms with van der Waals surface area (Å²) >= 11 is 1.72. The highest BCUT2D eigenvalue weighted by molar-refractivity contribution is 7.10. The Morgan fingerprint density at radius 2 is 2.00 bits per heavy atom. The molecule has 0 unspecified atom stereocenters. The first-order valence-electron chi connectivity index (χ1n) is 9.89. The van der Waals surface area contributed by atoms with Crippen molar-refractivity contribution >= 4 is 23.2 Å². The molecule has 2 aromatic heterocycles. The smallest absolute Gasteiger partial charge is 0.289 e. The van der Waals surface area contributed by atoms with Gasteiger partial charge in [-0.3, -0.25) is 9.59 Å². The number of amides is 2. The van der Waals surface area contributed by atoms with E-state index in [-0.39, 0.29) is 23.8 Å². The summed E-state index contributed by atoms with van der Waals surface area (Å²) in [6.07, 6.45) is 8.03. The van der Waals surface area contributed by atoms with Crippen molar-refractivity contribution in [3.05, 3.63) is 46.5 Å². The van der Waals surface area contributed by atoms with Crippen LogP contribution in [0, 0.1) is 11.8 Å². The van der Waals surface area contributed by atoms with Gasteiger partial charge in [-0.25, -0.2) is 0 Å². The predicted molar refractivity (Wildman–Crippen MR) is 104 cm³/mol. The van der Waals surface area contributed by atoms with Crippen LogP contribution in [0.15, 0.2) is 40.3 Å². The highest BCUT2D eigenvalue weighted by atomic mass is 32.1. The molecule has 144 valence electrons. The number of carbonyl (C=O) groups excluding carboxylic acids is 2. The monoisotopic (exact) mass is 386 g/mol. The van der Waals surface area contributed by atoms with Crippen molar-refractivity contribution in [1.82, 2.24) is 10.2 Å². The van der Waals surface area contributed by atoms with Crippen molar-refractivity contribution in [3.8, 4) is 0 Å². The highest BCUT2D eigenvalue weighted by Crippen LogP contribution is 2.37. The SMILES string of the molecule is O=C(N[C@H](c1cccs1)C1CCCC1)[C@@H]1CCCN(C(=O)c2ccco2)C1. The van der Waals surface area contributed by atoms with Gasteiger partial charge in [0, 0.05) is 18.0 Å². The molecule has 5 nitrogen and oxygen atoms in total. The Labute approximate surface area is 163 Å². The number of hydrogen-bond donors (Lipinski definition) is 1. The highest BCUT2D eigenvalue weighted by Gasteiger charge is 2.33. The minimum atomic E-state index is -0.151. The number of carbonyl (C=O) groups is 2. The third-order valence-corrected chi connectivity index (χ3v) is 6.79. The van der Waals surface area contributed by atoms with Gasteiger partial charge < -0.3 is 14.6 Å². The Balaban J connectivity index is 1.42. The maximum absolute atomic E-state index is 13.0. The largest absolute Gasteiger partial charge is 0.459 e. The number of nitrogens with one attached hydrogen (secondary N) is 1. The van der Waals surface area contributed by atoms with Crippen LogP contribution >= 0.6 is 11.3 Å². The van der Waals surface area contributed by atoms with Crippen LogP contribution in [0.4, 0.5) is 0 Å². The molecular formula is C21H26N2O3S. The number of thiophene rings is 1. The molecule has 2 fully saturated rings. The van der Waals surface area contributed by atoms with E-state index in [0.717, 1.165) is 12.8 Å². The fourth-order valence-electron chi connectivity index (χ4n) is 4.38. The zero-order valence-electron chi connectivity index (χ0n) is 15.4. The van der Waals surface area contributed by atoms with Gasteiger partial charge in [-0.15, -0.1) is 11.3 Å². The number of likely N-dealkylation sites (tertiary alicyclic amines) is 1. The fraction of sp³-hybridized carbons (Fsp3) is 0.524. The summed E-state index contributed by atoms with van der Waals surface area (Å²) < 4.78 is 5.23. The van der Waals surface area contributed by atoms with Crippen LogP contribution < -0.4 is 5.32 Å². The Bertz CT molecular complexity index is 751. The molecule has 0 aromatic carbocycles. The van der Waals surface area contributed by atoms with E-state index in [9.17, 15) is 9.59 Å². The molecule has 1 aliphatic carbocycles. The second kappa shape index (κ2) is 8.30. The maximum Gasteiger partial charge on any atom is 0.289 e. The van der Waals surface area contributed by atoms with Crippen LogP contribution in [0.25, 0.3) is 0 Å². The summed E-state index contributed by atoms with van der Waals surface area (Å²) in [6, 6.07) is 7.68. The van der Waals surface area contributed by atoms with Gasteiger partial charge in [0.05, 0.1) is 18.2 Å². The van der Waals surface area contributed by atoms with E-state index >= 15 is 0 Å². The lowest BCUT2D eigenvalue weighted by atomic mass is 9.93. The molecule has 0 spiro atoms. The summed E-state index contributed by atoms with van der Waals surface area (Å²) in [7, 11) is 0. The molecule has 2 aliphatic rings. The minimum absolute atomic E-state index is 0.0808. The Morgan fingerprint density at radius 3 is 2.70 bits per heavy atom. The van der Waals surface area contributed by atoms with Gasteiger partial charge in [-0.05, 0) is 55.2 Å². The van der Waals surface area contributed by atoms with E-state index in [1.54, 1.807) is 28.4 Å². The number of furan rings is 1. The average Bonchev–Trinajstić information content (AvgIpc) is 3.48. The molecule has 3 heterocycles. The van der Waals surface area contributed by atoms with Gasteiger partial charge in [0.15, 0.2) is 5.76 Å². The fourth-order valence-corrected chi connectivity index (χ4v) is 5.25. The molecule has 2 aromatic rings. The Hall–Kier alpha value is -2.08. The Kier molecular flexibility index (Phi) is 5.62. The van der Waals surface area contributed by atoms with Crippen molar-refractivity contribution in [2.45, 2.75) is 44.6 Å². The van der Waals surface area contributed by atoms with Crippen molar-refractivity contribution in [3.63, 3.8) is 0 Å². The minimum Gasteiger partial charge on any atom is -0.459 e. The summed E-state index contributed by atoms with van der Waals surface area (Å²) in [6.45, 7) is 1.15. The van der Waals surface area contributed by atoms with E-state index in [0.29, 0.717) is 24.8 Å². The molecule has 4 rings (SSSR count). The molecule has 1 saturated carbocycles. The quantitative estimate of drug-likeness (QED) is 0.836. The topological polar surface area (TPSA) is 62.6 Å². The van der Waals surface area contributed by atoms with Crippen LogP contribution in [0.1, 0.15) is 60.0 Å². The molecule has 1 aliphatic heterocycles. The van der Waals surface area contributed by atoms with Crippen molar-refractivity contribution in [2.24, 2.45) is 11.8 Å². The summed E-state index contributed by atoms with van der Waals surface area (Å²) in [5.41, 5.74) is 0. The number of hydrogen-bond acceptors (Lipinski definition) is 4. The number of rotatable bonds is 5. The Morgan fingerprint density at radius 1 is 1.15 bits per heavy atom. The first kappa shape index (κ1) is 18.3. The first-order chi connectivity index (χ1) is 13.2. The number of piperidine rings is 1. The molecule has 1 N–H and O–H groups in total. The predicted octanol–water partition coefficient (Wildman–Crippen LogP) is 4.24.